The number of benzene rings is 1. The number of rotatable bonds is 6. The van der Waals surface area contributed by atoms with Crippen LogP contribution < -0.4 is 10.6 Å². The van der Waals surface area contributed by atoms with E-state index in [0.717, 1.165) is 23.4 Å². The minimum atomic E-state index is -0.348. The number of hydrogen-bond acceptors (Lipinski definition) is 3. The molecule has 0 aliphatic carbocycles. The number of aryl methyl sites for hydroxylation is 2. The van der Waals surface area contributed by atoms with Gasteiger partial charge in [0.15, 0.2) is 0 Å². The first kappa shape index (κ1) is 19.7. The summed E-state index contributed by atoms with van der Waals surface area (Å²) in [5.41, 5.74) is 3.46. The first-order valence-corrected chi connectivity index (χ1v) is 8.78. The highest BCUT2D eigenvalue weighted by Gasteiger charge is 2.13. The topological polar surface area (TPSA) is 76.0 Å². The molecule has 2 rings (SSSR count). The molecule has 6 nitrogen and oxygen atoms in total. The summed E-state index contributed by atoms with van der Waals surface area (Å²) in [6, 6.07) is 4.78. The summed E-state index contributed by atoms with van der Waals surface area (Å²) in [6.45, 7) is 6.36. The minimum Gasteiger partial charge on any atom is -0.352 e. The monoisotopic (exact) mass is 374 g/mol. The molecule has 0 radical (unpaired) electrons. The van der Waals surface area contributed by atoms with Crippen molar-refractivity contribution in [1.82, 2.24) is 15.1 Å². The van der Waals surface area contributed by atoms with Crippen molar-refractivity contribution in [2.24, 2.45) is 7.05 Å². The fourth-order valence-corrected chi connectivity index (χ4v) is 2.69. The highest BCUT2D eigenvalue weighted by atomic mass is 35.5. The Labute approximate surface area is 158 Å². The molecule has 1 aromatic carbocycles. The smallest absolute Gasteiger partial charge is 0.253 e. The normalized spacial score (nSPS) is 11.0. The molecule has 26 heavy (non-hydrogen) atoms. The molecule has 0 aliphatic heterocycles. The quantitative estimate of drug-likeness (QED) is 0.760. The van der Waals surface area contributed by atoms with Gasteiger partial charge in [0.2, 0.25) is 5.91 Å². The van der Waals surface area contributed by atoms with Gasteiger partial charge in [0.1, 0.15) is 0 Å². The lowest BCUT2D eigenvalue weighted by molar-refractivity contribution is -0.111. The molecule has 7 heteroatoms. The van der Waals surface area contributed by atoms with E-state index in [-0.39, 0.29) is 11.8 Å². The number of nitrogens with zero attached hydrogens (tertiary/aromatic N) is 2. The molecule has 2 amide bonds. The van der Waals surface area contributed by atoms with E-state index in [4.69, 9.17) is 11.6 Å². The number of carbonyl (C=O) groups excluding carboxylic acids is 2. The molecule has 0 unspecified atom stereocenters. The average molecular weight is 375 g/mol. The molecule has 0 atom stereocenters. The lowest BCUT2D eigenvalue weighted by Gasteiger charge is -2.10. The van der Waals surface area contributed by atoms with E-state index < -0.39 is 0 Å². The van der Waals surface area contributed by atoms with Crippen molar-refractivity contribution < 1.29 is 9.59 Å². The zero-order valence-electron chi connectivity index (χ0n) is 15.4. The van der Waals surface area contributed by atoms with E-state index in [1.54, 1.807) is 29.0 Å². The van der Waals surface area contributed by atoms with Crippen LogP contribution in [-0.2, 0) is 11.8 Å². The number of amides is 2. The largest absolute Gasteiger partial charge is 0.352 e. The van der Waals surface area contributed by atoms with E-state index >= 15 is 0 Å². The van der Waals surface area contributed by atoms with Crippen LogP contribution in [0.25, 0.3) is 6.08 Å². The molecule has 0 aliphatic rings. The summed E-state index contributed by atoms with van der Waals surface area (Å²) in [7, 11) is 1.85. The Kier molecular flexibility index (Phi) is 6.58. The molecule has 2 aromatic rings. The van der Waals surface area contributed by atoms with Crippen molar-refractivity contribution in [3.63, 3.8) is 0 Å². The zero-order chi connectivity index (χ0) is 19.3. The van der Waals surface area contributed by atoms with E-state index in [1.807, 2.05) is 27.8 Å². The lowest BCUT2D eigenvalue weighted by atomic mass is 10.1. The van der Waals surface area contributed by atoms with Gasteiger partial charge >= 0.3 is 0 Å². The predicted octanol–water partition coefficient (Wildman–Crippen LogP) is 3.48. The number of aromatic nitrogens is 2. The van der Waals surface area contributed by atoms with Crippen LogP contribution in [0.2, 0.25) is 5.02 Å². The molecule has 1 aromatic heterocycles. The number of halogens is 1. The molecular weight excluding hydrogens is 352 g/mol. The summed E-state index contributed by atoms with van der Waals surface area (Å²) in [5.74, 6) is -0.596. The summed E-state index contributed by atoms with van der Waals surface area (Å²) in [6.07, 6.45) is 3.97. The summed E-state index contributed by atoms with van der Waals surface area (Å²) in [5, 5.41) is 10.3. The standard InChI is InChI=1S/C19H23ClN4O2/c1-5-10-21-19(26)16-7-6-14(20)11-17(16)22-18(25)9-8-15-12(2)23-24(4)13(15)3/h6-9,11H,5,10H2,1-4H3,(H,21,26)(H,22,25)/b9-8+. The maximum Gasteiger partial charge on any atom is 0.253 e. The predicted molar refractivity (Wildman–Crippen MR) is 104 cm³/mol. The zero-order valence-corrected chi connectivity index (χ0v) is 16.1. The van der Waals surface area contributed by atoms with Gasteiger partial charge in [-0.3, -0.25) is 14.3 Å². The van der Waals surface area contributed by atoms with Crippen molar-refractivity contribution in [3.05, 3.63) is 51.8 Å². The summed E-state index contributed by atoms with van der Waals surface area (Å²) >= 11 is 6.01. The highest BCUT2D eigenvalue weighted by Crippen LogP contribution is 2.21. The second-order valence-corrected chi connectivity index (χ2v) is 6.41. The van der Waals surface area contributed by atoms with Crippen LogP contribution in [0.5, 0.6) is 0 Å². The van der Waals surface area contributed by atoms with Gasteiger partial charge in [-0.2, -0.15) is 5.10 Å². The van der Waals surface area contributed by atoms with Crippen LogP contribution in [0, 0.1) is 13.8 Å². The molecule has 0 bridgehead atoms. The number of carbonyl (C=O) groups is 2. The third-order valence-corrected chi connectivity index (χ3v) is 4.22. The van der Waals surface area contributed by atoms with Crippen molar-refractivity contribution in [2.75, 3.05) is 11.9 Å². The number of anilines is 1. The molecule has 0 fully saturated rings. The van der Waals surface area contributed by atoms with Crippen molar-refractivity contribution in [1.29, 1.82) is 0 Å². The number of nitrogens with one attached hydrogen (secondary N) is 2. The van der Waals surface area contributed by atoms with Crippen molar-refractivity contribution in [3.8, 4) is 0 Å². The minimum absolute atomic E-state index is 0.248. The molecule has 0 saturated carbocycles. The average Bonchev–Trinajstić information content (AvgIpc) is 2.83. The summed E-state index contributed by atoms with van der Waals surface area (Å²) < 4.78 is 1.76. The van der Waals surface area contributed by atoms with Crippen LogP contribution >= 0.6 is 11.6 Å². The van der Waals surface area contributed by atoms with Crippen LogP contribution in [0.15, 0.2) is 24.3 Å². The van der Waals surface area contributed by atoms with Gasteiger partial charge in [0, 0.05) is 35.9 Å². The Hall–Kier alpha value is -2.60. The van der Waals surface area contributed by atoms with Crippen molar-refractivity contribution >= 4 is 35.2 Å². The first-order chi connectivity index (χ1) is 12.3. The molecule has 0 spiro atoms. The highest BCUT2D eigenvalue weighted by molar-refractivity contribution is 6.31. The Morgan fingerprint density at radius 1 is 1.31 bits per heavy atom. The number of hydrogen-bond donors (Lipinski definition) is 2. The molecule has 0 saturated heterocycles. The van der Waals surface area contributed by atoms with Gasteiger partial charge in [-0.1, -0.05) is 18.5 Å². The fourth-order valence-electron chi connectivity index (χ4n) is 2.52. The van der Waals surface area contributed by atoms with Crippen LogP contribution in [-0.4, -0.2) is 28.1 Å². The SMILES string of the molecule is CCCNC(=O)c1ccc(Cl)cc1NC(=O)/C=C/c1c(C)nn(C)c1C. The van der Waals surface area contributed by atoms with Gasteiger partial charge in [0.05, 0.1) is 16.9 Å². The third-order valence-electron chi connectivity index (χ3n) is 3.99. The van der Waals surface area contributed by atoms with E-state index in [2.05, 4.69) is 15.7 Å². The Morgan fingerprint density at radius 2 is 2.04 bits per heavy atom. The lowest BCUT2D eigenvalue weighted by Crippen LogP contribution is -2.25. The molecule has 2 N–H and O–H groups in total. The first-order valence-electron chi connectivity index (χ1n) is 8.40. The van der Waals surface area contributed by atoms with Crippen molar-refractivity contribution in [2.45, 2.75) is 27.2 Å². The van der Waals surface area contributed by atoms with Crippen LogP contribution in [0.1, 0.15) is 40.7 Å². The Morgan fingerprint density at radius 3 is 2.65 bits per heavy atom. The van der Waals surface area contributed by atoms with E-state index in [9.17, 15) is 9.59 Å². The van der Waals surface area contributed by atoms with Gasteiger partial charge < -0.3 is 10.6 Å². The molecule has 1 heterocycles. The summed E-state index contributed by atoms with van der Waals surface area (Å²) in [4.78, 5) is 24.6. The Bertz CT molecular complexity index is 855. The second-order valence-electron chi connectivity index (χ2n) is 5.98. The van der Waals surface area contributed by atoms with Gasteiger partial charge in [0.25, 0.3) is 5.91 Å². The maximum absolute atomic E-state index is 12.3. The Balaban J connectivity index is 2.19. The van der Waals surface area contributed by atoms with Gasteiger partial charge in [-0.25, -0.2) is 0 Å². The molecular formula is C19H23ClN4O2. The van der Waals surface area contributed by atoms with Crippen LogP contribution in [0.4, 0.5) is 5.69 Å². The van der Waals surface area contributed by atoms with Gasteiger partial charge in [-0.05, 0) is 44.5 Å². The van der Waals surface area contributed by atoms with E-state index in [0.29, 0.717) is 22.8 Å². The molecule has 138 valence electrons. The maximum atomic E-state index is 12.3. The second kappa shape index (κ2) is 8.67. The van der Waals surface area contributed by atoms with Crippen LogP contribution in [0.3, 0.4) is 0 Å². The van der Waals surface area contributed by atoms with Gasteiger partial charge in [-0.15, -0.1) is 0 Å². The van der Waals surface area contributed by atoms with E-state index in [1.165, 1.54) is 6.08 Å². The fraction of sp³-hybridized carbons (Fsp3) is 0.316. The third kappa shape index (κ3) is 4.73.